The van der Waals surface area contributed by atoms with Crippen LogP contribution in [0.1, 0.15) is 81.0 Å². The van der Waals surface area contributed by atoms with E-state index in [4.69, 9.17) is 4.74 Å². The Morgan fingerprint density at radius 3 is 2.52 bits per heavy atom. The predicted molar refractivity (Wildman–Crippen MR) is 98.9 cm³/mol. The van der Waals surface area contributed by atoms with Crippen LogP contribution in [0.2, 0.25) is 0 Å². The summed E-state index contributed by atoms with van der Waals surface area (Å²) in [5, 5.41) is 4.81. The largest absolute Gasteiger partial charge is 0.458 e. The summed E-state index contributed by atoms with van der Waals surface area (Å²) in [6, 6.07) is 7.21. The molecule has 2 rings (SSSR count). The lowest BCUT2D eigenvalue weighted by Crippen LogP contribution is -2.16. The lowest BCUT2D eigenvalue weighted by atomic mass is 10.1. The standard InChI is InChI=1S/C20H28N2O3/c1-4-5-6-7-8-9-12-15(2)25-20(24)19-17-13-10-11-14-18(17)22(21-19)16(3)23/h10-11,13-15H,4-9,12H2,1-3H3. The lowest BCUT2D eigenvalue weighted by molar-refractivity contribution is 0.0314. The fourth-order valence-electron chi connectivity index (χ4n) is 2.97. The molecule has 1 unspecified atom stereocenters. The van der Waals surface area contributed by atoms with Crippen LogP contribution in [0.15, 0.2) is 24.3 Å². The number of ether oxygens (including phenoxy) is 1. The number of nitrogens with zero attached hydrogens (tertiary/aromatic N) is 2. The first-order chi connectivity index (χ1) is 12.0. The summed E-state index contributed by atoms with van der Waals surface area (Å²) in [6.45, 7) is 5.54. The average molecular weight is 344 g/mol. The summed E-state index contributed by atoms with van der Waals surface area (Å²) in [5.41, 5.74) is 0.839. The molecule has 0 bridgehead atoms. The summed E-state index contributed by atoms with van der Waals surface area (Å²) in [4.78, 5) is 24.2. The van der Waals surface area contributed by atoms with Crippen molar-refractivity contribution in [1.82, 2.24) is 9.78 Å². The van der Waals surface area contributed by atoms with Gasteiger partial charge in [-0.2, -0.15) is 9.78 Å². The maximum Gasteiger partial charge on any atom is 0.359 e. The second-order valence-electron chi connectivity index (χ2n) is 6.57. The van der Waals surface area contributed by atoms with Gasteiger partial charge in [0.15, 0.2) is 5.69 Å². The van der Waals surface area contributed by atoms with E-state index in [0.29, 0.717) is 10.9 Å². The van der Waals surface area contributed by atoms with Crippen molar-refractivity contribution < 1.29 is 14.3 Å². The number of benzene rings is 1. The molecule has 1 aromatic heterocycles. The van der Waals surface area contributed by atoms with Crippen molar-refractivity contribution in [1.29, 1.82) is 0 Å². The Morgan fingerprint density at radius 1 is 1.12 bits per heavy atom. The van der Waals surface area contributed by atoms with E-state index in [1.165, 1.54) is 43.7 Å². The quantitative estimate of drug-likeness (QED) is 0.475. The zero-order valence-corrected chi connectivity index (χ0v) is 15.5. The van der Waals surface area contributed by atoms with Crippen LogP contribution in [-0.4, -0.2) is 27.8 Å². The maximum absolute atomic E-state index is 12.5. The van der Waals surface area contributed by atoms with Gasteiger partial charge in [0, 0.05) is 12.3 Å². The van der Waals surface area contributed by atoms with E-state index in [9.17, 15) is 9.59 Å². The molecule has 0 N–H and O–H groups in total. The van der Waals surface area contributed by atoms with Crippen molar-refractivity contribution in [3.8, 4) is 0 Å². The number of aromatic nitrogens is 2. The topological polar surface area (TPSA) is 61.2 Å². The van der Waals surface area contributed by atoms with Gasteiger partial charge in [0.05, 0.1) is 11.6 Å². The van der Waals surface area contributed by atoms with Gasteiger partial charge in [0.1, 0.15) is 0 Å². The molecule has 0 spiro atoms. The van der Waals surface area contributed by atoms with Crippen molar-refractivity contribution in [2.45, 2.75) is 71.8 Å². The normalized spacial score (nSPS) is 12.3. The lowest BCUT2D eigenvalue weighted by Gasteiger charge is -2.12. The molecule has 0 saturated heterocycles. The van der Waals surface area contributed by atoms with Gasteiger partial charge >= 0.3 is 5.97 Å². The zero-order chi connectivity index (χ0) is 18.2. The van der Waals surface area contributed by atoms with Crippen LogP contribution < -0.4 is 0 Å². The molecular weight excluding hydrogens is 316 g/mol. The third-order valence-electron chi connectivity index (χ3n) is 4.35. The minimum atomic E-state index is -0.463. The molecule has 0 aliphatic heterocycles. The molecule has 0 saturated carbocycles. The van der Waals surface area contributed by atoms with Crippen LogP contribution in [0.3, 0.4) is 0 Å². The molecule has 0 radical (unpaired) electrons. The highest BCUT2D eigenvalue weighted by atomic mass is 16.5. The number of hydrogen-bond donors (Lipinski definition) is 0. The molecule has 1 atom stereocenters. The molecule has 25 heavy (non-hydrogen) atoms. The maximum atomic E-state index is 12.5. The number of carbonyl (C=O) groups is 2. The number of fused-ring (bicyclic) bond motifs is 1. The zero-order valence-electron chi connectivity index (χ0n) is 15.5. The van der Waals surface area contributed by atoms with Crippen molar-refractivity contribution in [2.75, 3.05) is 0 Å². The smallest absolute Gasteiger partial charge is 0.359 e. The second-order valence-corrected chi connectivity index (χ2v) is 6.57. The Kier molecular flexibility index (Phi) is 7.16. The van der Waals surface area contributed by atoms with Crippen LogP contribution >= 0.6 is 0 Å². The molecule has 5 heteroatoms. The summed E-state index contributed by atoms with van der Waals surface area (Å²) >= 11 is 0. The minimum Gasteiger partial charge on any atom is -0.458 e. The highest BCUT2D eigenvalue weighted by Crippen LogP contribution is 2.20. The van der Waals surface area contributed by atoms with Gasteiger partial charge in [-0.15, -0.1) is 0 Å². The Morgan fingerprint density at radius 2 is 1.80 bits per heavy atom. The van der Waals surface area contributed by atoms with Gasteiger partial charge in [0.25, 0.3) is 0 Å². The number of unbranched alkanes of at least 4 members (excludes halogenated alkanes) is 5. The second kappa shape index (κ2) is 9.35. The molecule has 1 heterocycles. The molecule has 0 aliphatic rings. The van der Waals surface area contributed by atoms with E-state index < -0.39 is 5.97 Å². The van der Waals surface area contributed by atoms with Crippen LogP contribution in [0.5, 0.6) is 0 Å². The molecule has 0 aliphatic carbocycles. The molecule has 1 aromatic carbocycles. The molecule has 2 aromatic rings. The Bertz CT molecular complexity index is 721. The van der Waals surface area contributed by atoms with Crippen LogP contribution in [-0.2, 0) is 4.74 Å². The van der Waals surface area contributed by atoms with Crippen molar-refractivity contribution in [2.24, 2.45) is 0 Å². The van der Waals surface area contributed by atoms with Crippen molar-refractivity contribution in [3.05, 3.63) is 30.0 Å². The summed E-state index contributed by atoms with van der Waals surface area (Å²) < 4.78 is 6.79. The van der Waals surface area contributed by atoms with Gasteiger partial charge in [-0.25, -0.2) is 4.79 Å². The molecule has 136 valence electrons. The number of esters is 1. The van der Waals surface area contributed by atoms with Gasteiger partial charge in [-0.3, -0.25) is 4.79 Å². The van der Waals surface area contributed by atoms with Crippen LogP contribution in [0.4, 0.5) is 0 Å². The van der Waals surface area contributed by atoms with Gasteiger partial charge < -0.3 is 4.74 Å². The van der Waals surface area contributed by atoms with E-state index in [1.54, 1.807) is 12.1 Å². The minimum absolute atomic E-state index is 0.153. The van der Waals surface area contributed by atoms with E-state index in [2.05, 4.69) is 12.0 Å². The Labute approximate surface area is 149 Å². The van der Waals surface area contributed by atoms with Gasteiger partial charge in [-0.05, 0) is 25.8 Å². The summed E-state index contributed by atoms with van der Waals surface area (Å²) in [7, 11) is 0. The first kappa shape index (κ1) is 19.2. The summed E-state index contributed by atoms with van der Waals surface area (Å²) in [5.74, 6) is -0.690. The Hall–Kier alpha value is -2.17. The van der Waals surface area contributed by atoms with E-state index >= 15 is 0 Å². The fourth-order valence-corrected chi connectivity index (χ4v) is 2.97. The molecular formula is C20H28N2O3. The van der Waals surface area contributed by atoms with Gasteiger partial charge in [-0.1, -0.05) is 57.2 Å². The van der Waals surface area contributed by atoms with Crippen LogP contribution in [0.25, 0.3) is 10.9 Å². The predicted octanol–water partition coefficient (Wildman–Crippen LogP) is 4.99. The van der Waals surface area contributed by atoms with Crippen molar-refractivity contribution in [3.63, 3.8) is 0 Å². The van der Waals surface area contributed by atoms with Crippen LogP contribution in [0, 0.1) is 0 Å². The fraction of sp³-hybridized carbons (Fsp3) is 0.550. The highest BCUT2D eigenvalue weighted by molar-refractivity contribution is 6.04. The SMILES string of the molecule is CCCCCCCCC(C)OC(=O)c1nn(C(C)=O)c2ccccc12. The van der Waals surface area contributed by atoms with E-state index in [-0.39, 0.29) is 17.7 Å². The number of para-hydroxylation sites is 1. The molecule has 0 fully saturated rings. The van der Waals surface area contributed by atoms with Crippen molar-refractivity contribution >= 4 is 22.8 Å². The molecule has 5 nitrogen and oxygen atoms in total. The first-order valence-corrected chi connectivity index (χ1v) is 9.24. The van der Waals surface area contributed by atoms with Gasteiger partial charge in [0.2, 0.25) is 5.91 Å². The highest BCUT2D eigenvalue weighted by Gasteiger charge is 2.21. The summed E-state index contributed by atoms with van der Waals surface area (Å²) in [6.07, 6.45) is 7.97. The van der Waals surface area contributed by atoms with E-state index in [0.717, 1.165) is 12.8 Å². The number of hydrogen-bond acceptors (Lipinski definition) is 4. The third-order valence-corrected chi connectivity index (χ3v) is 4.35. The molecule has 0 amide bonds. The number of rotatable bonds is 9. The van der Waals surface area contributed by atoms with E-state index in [1.807, 2.05) is 19.1 Å². The Balaban J connectivity index is 1.94. The number of carbonyl (C=O) groups excluding carboxylic acids is 2. The monoisotopic (exact) mass is 344 g/mol. The third kappa shape index (κ3) is 5.15. The first-order valence-electron chi connectivity index (χ1n) is 9.24. The average Bonchev–Trinajstić information content (AvgIpc) is 2.98.